The van der Waals surface area contributed by atoms with Gasteiger partial charge in [0, 0.05) is 0 Å². The number of aliphatic hydroxyl groups is 2. The van der Waals surface area contributed by atoms with E-state index in [9.17, 15) is 5.11 Å². The molecule has 1 fully saturated rings. The molecule has 16 heavy (non-hydrogen) atoms. The van der Waals surface area contributed by atoms with Gasteiger partial charge in [0.1, 0.15) is 0 Å². The lowest BCUT2D eigenvalue weighted by molar-refractivity contribution is -0.0703. The lowest BCUT2D eigenvalue weighted by Crippen LogP contribution is -2.28. The molecule has 4 heteroatoms. The lowest BCUT2D eigenvalue weighted by atomic mass is 9.95. The van der Waals surface area contributed by atoms with E-state index in [0.717, 1.165) is 25.7 Å². The maximum atomic E-state index is 9.34. The van der Waals surface area contributed by atoms with Crippen LogP contribution in [0.2, 0.25) is 0 Å². The summed E-state index contributed by atoms with van der Waals surface area (Å²) in [5.74, 6) is 0. The summed E-state index contributed by atoms with van der Waals surface area (Å²) in [6, 6.07) is 0. The summed E-state index contributed by atoms with van der Waals surface area (Å²) in [5.41, 5.74) is 0. The molecular formula is C12H24O4. The monoisotopic (exact) mass is 232 g/mol. The van der Waals surface area contributed by atoms with Gasteiger partial charge in [0.2, 0.25) is 0 Å². The lowest BCUT2D eigenvalue weighted by Gasteiger charge is -2.26. The summed E-state index contributed by atoms with van der Waals surface area (Å²) in [7, 11) is 0. The molecule has 2 N–H and O–H groups in total. The SMILES string of the molecule is CC(O)COC(C)COC1CCC(O)CC1. The molecule has 0 bridgehead atoms. The fraction of sp³-hybridized carbons (Fsp3) is 1.00. The molecular weight excluding hydrogens is 208 g/mol. The second-order valence-electron chi connectivity index (χ2n) is 4.76. The van der Waals surface area contributed by atoms with Gasteiger partial charge in [-0.25, -0.2) is 0 Å². The van der Waals surface area contributed by atoms with Crippen molar-refractivity contribution >= 4 is 0 Å². The van der Waals surface area contributed by atoms with Crippen LogP contribution in [0, 0.1) is 0 Å². The van der Waals surface area contributed by atoms with Crippen molar-refractivity contribution in [3.05, 3.63) is 0 Å². The molecule has 0 aliphatic heterocycles. The van der Waals surface area contributed by atoms with Gasteiger partial charge in [-0.2, -0.15) is 0 Å². The topological polar surface area (TPSA) is 58.9 Å². The van der Waals surface area contributed by atoms with Gasteiger partial charge >= 0.3 is 0 Å². The summed E-state index contributed by atoms with van der Waals surface area (Å²) < 4.78 is 11.1. The van der Waals surface area contributed by atoms with Gasteiger partial charge in [0.05, 0.1) is 37.6 Å². The van der Waals surface area contributed by atoms with Crippen LogP contribution in [0.25, 0.3) is 0 Å². The Balaban J connectivity index is 2.05. The Morgan fingerprint density at radius 3 is 2.31 bits per heavy atom. The molecule has 0 saturated heterocycles. The van der Waals surface area contributed by atoms with Gasteiger partial charge in [-0.05, 0) is 39.5 Å². The average Bonchev–Trinajstić information content (AvgIpc) is 2.25. The zero-order valence-corrected chi connectivity index (χ0v) is 10.3. The van der Waals surface area contributed by atoms with Crippen LogP contribution in [0.3, 0.4) is 0 Å². The molecule has 1 aliphatic rings. The normalized spacial score (nSPS) is 30.0. The van der Waals surface area contributed by atoms with Gasteiger partial charge < -0.3 is 19.7 Å². The third kappa shape index (κ3) is 5.80. The van der Waals surface area contributed by atoms with E-state index in [0.29, 0.717) is 13.2 Å². The second kappa shape index (κ2) is 7.22. The zero-order valence-electron chi connectivity index (χ0n) is 10.3. The Labute approximate surface area is 97.6 Å². The van der Waals surface area contributed by atoms with E-state index in [1.807, 2.05) is 6.92 Å². The number of ether oxygens (including phenoxy) is 2. The van der Waals surface area contributed by atoms with E-state index in [1.54, 1.807) is 6.92 Å². The molecule has 0 aromatic heterocycles. The Bertz CT molecular complexity index is 176. The molecule has 4 nitrogen and oxygen atoms in total. The quantitative estimate of drug-likeness (QED) is 0.720. The Morgan fingerprint density at radius 1 is 1.12 bits per heavy atom. The minimum atomic E-state index is -0.424. The maximum absolute atomic E-state index is 9.34. The van der Waals surface area contributed by atoms with E-state index >= 15 is 0 Å². The van der Waals surface area contributed by atoms with Crippen LogP contribution < -0.4 is 0 Å². The highest BCUT2D eigenvalue weighted by Crippen LogP contribution is 2.21. The summed E-state index contributed by atoms with van der Waals surface area (Å²) in [5, 5.41) is 18.4. The van der Waals surface area contributed by atoms with Crippen LogP contribution in [-0.4, -0.2) is 47.8 Å². The smallest absolute Gasteiger partial charge is 0.0781 e. The van der Waals surface area contributed by atoms with Crippen molar-refractivity contribution in [2.75, 3.05) is 13.2 Å². The fourth-order valence-corrected chi connectivity index (χ4v) is 1.84. The van der Waals surface area contributed by atoms with E-state index in [-0.39, 0.29) is 18.3 Å². The van der Waals surface area contributed by atoms with Crippen molar-refractivity contribution in [1.82, 2.24) is 0 Å². The van der Waals surface area contributed by atoms with Gasteiger partial charge in [0.15, 0.2) is 0 Å². The van der Waals surface area contributed by atoms with Crippen molar-refractivity contribution < 1.29 is 19.7 Å². The zero-order chi connectivity index (χ0) is 12.0. The van der Waals surface area contributed by atoms with Crippen LogP contribution in [0.5, 0.6) is 0 Å². The highest BCUT2D eigenvalue weighted by Gasteiger charge is 2.20. The van der Waals surface area contributed by atoms with E-state index in [4.69, 9.17) is 14.6 Å². The standard InChI is InChI=1S/C12H24O4/c1-9(13)7-15-10(2)8-16-12-5-3-11(14)4-6-12/h9-14H,3-8H2,1-2H3. The molecule has 1 saturated carbocycles. The van der Waals surface area contributed by atoms with Crippen molar-refractivity contribution in [2.24, 2.45) is 0 Å². The van der Waals surface area contributed by atoms with Crippen molar-refractivity contribution in [3.63, 3.8) is 0 Å². The van der Waals surface area contributed by atoms with Crippen LogP contribution >= 0.6 is 0 Å². The minimum Gasteiger partial charge on any atom is -0.393 e. The van der Waals surface area contributed by atoms with Gasteiger partial charge in [-0.1, -0.05) is 0 Å². The predicted molar refractivity (Wildman–Crippen MR) is 61.3 cm³/mol. The Hall–Kier alpha value is -0.160. The van der Waals surface area contributed by atoms with Gasteiger partial charge in [-0.15, -0.1) is 0 Å². The minimum absolute atomic E-state index is 0.0152. The van der Waals surface area contributed by atoms with E-state index in [2.05, 4.69) is 0 Å². The molecule has 0 aromatic rings. The summed E-state index contributed by atoms with van der Waals surface area (Å²) in [4.78, 5) is 0. The van der Waals surface area contributed by atoms with Gasteiger partial charge in [-0.3, -0.25) is 0 Å². The summed E-state index contributed by atoms with van der Waals surface area (Å²) >= 11 is 0. The first kappa shape index (κ1) is 13.9. The average molecular weight is 232 g/mol. The summed E-state index contributed by atoms with van der Waals surface area (Å²) in [6.45, 7) is 4.57. The molecule has 96 valence electrons. The first-order chi connectivity index (χ1) is 7.58. The molecule has 0 heterocycles. The highest BCUT2D eigenvalue weighted by molar-refractivity contribution is 4.71. The van der Waals surface area contributed by atoms with Crippen LogP contribution in [0.4, 0.5) is 0 Å². The third-order valence-electron chi connectivity index (χ3n) is 2.83. The third-order valence-corrected chi connectivity index (χ3v) is 2.83. The second-order valence-corrected chi connectivity index (χ2v) is 4.76. The van der Waals surface area contributed by atoms with Crippen molar-refractivity contribution in [3.8, 4) is 0 Å². The first-order valence-corrected chi connectivity index (χ1v) is 6.17. The Kier molecular flexibility index (Phi) is 6.28. The number of hydrogen-bond donors (Lipinski definition) is 2. The fourth-order valence-electron chi connectivity index (χ4n) is 1.84. The Morgan fingerprint density at radius 2 is 1.75 bits per heavy atom. The van der Waals surface area contributed by atoms with E-state index in [1.165, 1.54) is 0 Å². The maximum Gasteiger partial charge on any atom is 0.0781 e. The van der Waals surface area contributed by atoms with Crippen LogP contribution in [0.15, 0.2) is 0 Å². The largest absolute Gasteiger partial charge is 0.393 e. The van der Waals surface area contributed by atoms with Crippen LogP contribution in [0.1, 0.15) is 39.5 Å². The van der Waals surface area contributed by atoms with Crippen molar-refractivity contribution in [2.45, 2.75) is 63.9 Å². The first-order valence-electron chi connectivity index (χ1n) is 6.17. The van der Waals surface area contributed by atoms with E-state index < -0.39 is 6.10 Å². The molecule has 0 amide bonds. The number of aliphatic hydroxyl groups excluding tert-OH is 2. The molecule has 2 atom stereocenters. The van der Waals surface area contributed by atoms with Crippen LogP contribution in [-0.2, 0) is 9.47 Å². The van der Waals surface area contributed by atoms with Crippen molar-refractivity contribution in [1.29, 1.82) is 0 Å². The number of rotatable bonds is 6. The van der Waals surface area contributed by atoms with Gasteiger partial charge in [0.25, 0.3) is 0 Å². The highest BCUT2D eigenvalue weighted by atomic mass is 16.5. The number of hydrogen-bond acceptors (Lipinski definition) is 4. The molecule has 0 spiro atoms. The molecule has 0 aromatic carbocycles. The molecule has 0 radical (unpaired) electrons. The predicted octanol–water partition coefficient (Wildman–Crippen LogP) is 1.09. The summed E-state index contributed by atoms with van der Waals surface area (Å²) in [6.07, 6.45) is 3.27. The molecule has 1 aliphatic carbocycles. The molecule has 1 rings (SSSR count). The molecule has 2 unspecified atom stereocenters.